The van der Waals surface area contributed by atoms with Crippen molar-refractivity contribution in [3.8, 4) is 11.5 Å². The molecule has 2 aromatic rings. The fourth-order valence-corrected chi connectivity index (χ4v) is 2.93. The molecule has 7 nitrogen and oxygen atoms in total. The first-order valence-corrected chi connectivity index (χ1v) is 8.12. The van der Waals surface area contributed by atoms with Gasteiger partial charge in [-0.3, -0.25) is 9.59 Å². The number of carbonyl (C=O) groups excluding carboxylic acids is 2. The van der Waals surface area contributed by atoms with Gasteiger partial charge in [-0.25, -0.2) is 5.43 Å². The second-order valence-electron chi connectivity index (χ2n) is 5.90. The van der Waals surface area contributed by atoms with Crippen LogP contribution in [0.5, 0.6) is 11.5 Å². The predicted molar refractivity (Wildman–Crippen MR) is 96.1 cm³/mol. The number of carbonyl (C=O) groups is 2. The number of phenols is 1. The fraction of sp³-hybridized carbons (Fsp3) is 0.211. The number of phenolic OH excluding ortho intramolecular Hbond substituents is 1. The van der Waals surface area contributed by atoms with Crippen LogP contribution in [0.25, 0.3) is 0 Å². The molecule has 0 saturated carbocycles. The first kappa shape index (κ1) is 17.5. The van der Waals surface area contributed by atoms with Crippen molar-refractivity contribution < 1.29 is 19.4 Å². The highest BCUT2D eigenvalue weighted by Gasteiger charge is 2.40. The largest absolute Gasteiger partial charge is 0.507 e. The van der Waals surface area contributed by atoms with E-state index in [-0.39, 0.29) is 17.6 Å². The molecule has 2 aromatic carbocycles. The van der Waals surface area contributed by atoms with Crippen molar-refractivity contribution in [2.75, 3.05) is 13.7 Å². The van der Waals surface area contributed by atoms with Gasteiger partial charge < -0.3 is 15.2 Å². The lowest BCUT2D eigenvalue weighted by Crippen LogP contribution is -2.34. The van der Waals surface area contributed by atoms with E-state index in [1.807, 2.05) is 30.3 Å². The number of amides is 2. The Morgan fingerprint density at radius 3 is 2.77 bits per heavy atom. The molecule has 1 heterocycles. The van der Waals surface area contributed by atoms with Gasteiger partial charge in [-0.1, -0.05) is 30.3 Å². The zero-order valence-electron chi connectivity index (χ0n) is 14.2. The standard InChI is InChI=1S/C19H19N3O4/c1-26-14-8-7-13(16(23)9-14)10-21-22-19(25)17-15(11-20-18(17)24)12-5-3-2-4-6-12/h2-10,15,17,23H,11H2,1H3,(H,20,24)(H,22,25)/b21-10-. The molecule has 2 unspecified atom stereocenters. The average Bonchev–Trinajstić information content (AvgIpc) is 3.05. The summed E-state index contributed by atoms with van der Waals surface area (Å²) in [4.78, 5) is 24.5. The first-order chi connectivity index (χ1) is 12.6. The molecule has 1 saturated heterocycles. The Morgan fingerprint density at radius 1 is 1.31 bits per heavy atom. The van der Waals surface area contributed by atoms with E-state index in [4.69, 9.17) is 4.74 Å². The second-order valence-corrected chi connectivity index (χ2v) is 5.90. The molecule has 3 N–H and O–H groups in total. The van der Waals surface area contributed by atoms with Crippen molar-refractivity contribution in [2.24, 2.45) is 11.0 Å². The summed E-state index contributed by atoms with van der Waals surface area (Å²) in [5.41, 5.74) is 3.72. The minimum atomic E-state index is -0.848. The molecule has 0 spiro atoms. The Balaban J connectivity index is 1.69. The van der Waals surface area contributed by atoms with Gasteiger partial charge >= 0.3 is 0 Å². The highest BCUT2D eigenvalue weighted by Crippen LogP contribution is 2.29. The highest BCUT2D eigenvalue weighted by atomic mass is 16.5. The normalized spacial score (nSPS) is 19.3. The molecule has 1 fully saturated rings. The Hall–Kier alpha value is -3.35. The maximum Gasteiger partial charge on any atom is 0.253 e. The van der Waals surface area contributed by atoms with Gasteiger partial charge in [0.25, 0.3) is 5.91 Å². The number of methoxy groups -OCH3 is 1. The summed E-state index contributed by atoms with van der Waals surface area (Å²) in [6.45, 7) is 0.407. The summed E-state index contributed by atoms with van der Waals surface area (Å²) in [7, 11) is 1.50. The highest BCUT2D eigenvalue weighted by molar-refractivity contribution is 6.03. The van der Waals surface area contributed by atoms with Crippen LogP contribution in [0.1, 0.15) is 17.0 Å². The molecule has 2 atom stereocenters. The van der Waals surface area contributed by atoms with Crippen molar-refractivity contribution in [3.63, 3.8) is 0 Å². The fourth-order valence-electron chi connectivity index (χ4n) is 2.93. The third kappa shape index (κ3) is 3.66. The van der Waals surface area contributed by atoms with E-state index in [1.165, 1.54) is 19.4 Å². The molecule has 134 valence electrons. The Kier molecular flexibility index (Phi) is 5.17. The van der Waals surface area contributed by atoms with Crippen LogP contribution in [0.4, 0.5) is 0 Å². The molecule has 26 heavy (non-hydrogen) atoms. The molecule has 0 bridgehead atoms. The van der Waals surface area contributed by atoms with Gasteiger partial charge in [0.15, 0.2) is 0 Å². The second kappa shape index (κ2) is 7.69. The lowest BCUT2D eigenvalue weighted by Gasteiger charge is -2.15. The Bertz CT molecular complexity index is 836. The van der Waals surface area contributed by atoms with Gasteiger partial charge in [-0.15, -0.1) is 0 Å². The van der Waals surface area contributed by atoms with Crippen LogP contribution in [0, 0.1) is 5.92 Å². The van der Waals surface area contributed by atoms with Crippen molar-refractivity contribution in [1.29, 1.82) is 0 Å². The molecule has 2 amide bonds. The number of aromatic hydroxyl groups is 1. The Labute approximate surface area is 150 Å². The van der Waals surface area contributed by atoms with Crippen LogP contribution in [-0.2, 0) is 9.59 Å². The molecule has 0 radical (unpaired) electrons. The van der Waals surface area contributed by atoms with E-state index >= 15 is 0 Å². The number of nitrogens with zero attached hydrogens (tertiary/aromatic N) is 1. The predicted octanol–water partition coefficient (Wildman–Crippen LogP) is 1.38. The summed E-state index contributed by atoms with van der Waals surface area (Å²) in [6, 6.07) is 14.1. The van der Waals surface area contributed by atoms with Crippen molar-refractivity contribution >= 4 is 18.0 Å². The topological polar surface area (TPSA) is 100 Å². The molecule has 0 aromatic heterocycles. The van der Waals surface area contributed by atoms with Crippen LogP contribution >= 0.6 is 0 Å². The monoisotopic (exact) mass is 353 g/mol. The third-order valence-corrected chi connectivity index (χ3v) is 4.31. The maximum absolute atomic E-state index is 12.4. The van der Waals surface area contributed by atoms with E-state index in [1.54, 1.807) is 12.1 Å². The van der Waals surface area contributed by atoms with Crippen LogP contribution in [0.15, 0.2) is 53.6 Å². The van der Waals surface area contributed by atoms with Gasteiger partial charge in [0.05, 0.1) is 13.3 Å². The van der Waals surface area contributed by atoms with Gasteiger partial charge in [0.2, 0.25) is 5.91 Å². The average molecular weight is 353 g/mol. The molecule has 3 rings (SSSR count). The zero-order valence-corrected chi connectivity index (χ0v) is 14.2. The third-order valence-electron chi connectivity index (χ3n) is 4.31. The molecule has 1 aliphatic rings. The number of ether oxygens (including phenoxy) is 1. The number of hydrogen-bond acceptors (Lipinski definition) is 5. The van der Waals surface area contributed by atoms with Gasteiger partial charge in [0, 0.05) is 24.1 Å². The molecular weight excluding hydrogens is 334 g/mol. The van der Waals surface area contributed by atoms with Crippen LogP contribution in [0.3, 0.4) is 0 Å². The van der Waals surface area contributed by atoms with E-state index in [0.29, 0.717) is 17.9 Å². The van der Waals surface area contributed by atoms with Crippen molar-refractivity contribution in [2.45, 2.75) is 5.92 Å². The molecule has 0 aliphatic carbocycles. The lowest BCUT2D eigenvalue weighted by molar-refractivity contribution is -0.133. The minimum Gasteiger partial charge on any atom is -0.507 e. The lowest BCUT2D eigenvalue weighted by atomic mass is 9.88. The van der Waals surface area contributed by atoms with Gasteiger partial charge in [-0.2, -0.15) is 5.10 Å². The zero-order chi connectivity index (χ0) is 18.5. The molecular formula is C19H19N3O4. The van der Waals surface area contributed by atoms with Crippen LogP contribution in [-0.4, -0.2) is 36.8 Å². The van der Waals surface area contributed by atoms with E-state index in [2.05, 4.69) is 15.8 Å². The summed E-state index contributed by atoms with van der Waals surface area (Å²) in [5, 5.41) is 16.5. The number of benzene rings is 2. The van der Waals surface area contributed by atoms with E-state index < -0.39 is 11.8 Å². The van der Waals surface area contributed by atoms with Crippen molar-refractivity contribution in [3.05, 3.63) is 59.7 Å². The Morgan fingerprint density at radius 2 is 2.08 bits per heavy atom. The number of nitrogens with one attached hydrogen (secondary N) is 2. The summed E-state index contributed by atoms with van der Waals surface area (Å²) >= 11 is 0. The van der Waals surface area contributed by atoms with E-state index in [0.717, 1.165) is 5.56 Å². The van der Waals surface area contributed by atoms with Gasteiger partial charge in [0.1, 0.15) is 17.4 Å². The quantitative estimate of drug-likeness (QED) is 0.429. The SMILES string of the molecule is COc1ccc(/C=N\NC(=O)C2C(=O)NCC2c2ccccc2)c(O)c1. The smallest absolute Gasteiger partial charge is 0.253 e. The van der Waals surface area contributed by atoms with Crippen LogP contribution < -0.4 is 15.5 Å². The van der Waals surface area contributed by atoms with Crippen LogP contribution in [0.2, 0.25) is 0 Å². The minimum absolute atomic E-state index is 0.0249. The summed E-state index contributed by atoms with van der Waals surface area (Å²) in [5.74, 6) is -1.41. The maximum atomic E-state index is 12.4. The first-order valence-electron chi connectivity index (χ1n) is 8.12. The van der Waals surface area contributed by atoms with E-state index in [9.17, 15) is 14.7 Å². The number of hydrogen-bond donors (Lipinski definition) is 3. The molecule has 1 aliphatic heterocycles. The number of hydrazone groups is 1. The van der Waals surface area contributed by atoms with Gasteiger partial charge in [-0.05, 0) is 17.7 Å². The number of rotatable bonds is 5. The van der Waals surface area contributed by atoms with Crippen molar-refractivity contribution in [1.82, 2.24) is 10.7 Å². The molecule has 7 heteroatoms. The summed E-state index contributed by atoms with van der Waals surface area (Å²) < 4.78 is 5.01. The summed E-state index contributed by atoms with van der Waals surface area (Å²) in [6.07, 6.45) is 1.32.